The average molecular weight is 472 g/mol. The Morgan fingerprint density at radius 1 is 0.750 bits per heavy atom. The van der Waals surface area contributed by atoms with Gasteiger partial charge in [-0.25, -0.2) is 0 Å². The molecule has 3 heteroatoms. The van der Waals surface area contributed by atoms with E-state index in [1.165, 1.54) is 38.5 Å². The van der Waals surface area contributed by atoms with E-state index in [1.807, 2.05) is 0 Å². The Balaban J connectivity index is 0. The fraction of sp³-hybridized carbons (Fsp3) is 1.00. The van der Waals surface area contributed by atoms with Crippen LogP contribution in [0.25, 0.3) is 0 Å². The van der Waals surface area contributed by atoms with Crippen LogP contribution in [0.3, 0.4) is 0 Å². The maximum absolute atomic E-state index is 2.58. The van der Waals surface area contributed by atoms with E-state index in [1.54, 1.807) is 18.5 Å². The van der Waals surface area contributed by atoms with Gasteiger partial charge in [-0.05, 0) is 0 Å². The van der Waals surface area contributed by atoms with Crippen molar-refractivity contribution in [2.45, 2.75) is 64.3 Å². The third-order valence-electron chi connectivity index (χ3n) is 3.14. The average Bonchev–Trinajstić information content (AvgIpc) is 2.29. The SMILES string of the molecule is CCCC[P+](CCCC)(CCCC)[Te]C.[I-]. The van der Waals surface area contributed by atoms with Crippen molar-refractivity contribution < 1.29 is 24.0 Å². The number of hydrogen-bond donors (Lipinski definition) is 0. The molecule has 0 aromatic heterocycles. The Kier molecular flexibility index (Phi) is 17.0. The topological polar surface area (TPSA) is 0 Å². The molecular formula is C13H30IPTe. The van der Waals surface area contributed by atoms with E-state index in [-0.39, 0.29) is 24.0 Å². The summed E-state index contributed by atoms with van der Waals surface area (Å²) in [6.45, 7) is 7.06. The standard InChI is InChI=1S/C13H30PTe.HI/c1-5-8-11-14(15-4,12-9-6-2)13-10-7-3;/h5-13H2,1-4H3;1H/q+1;/p-1. The molecule has 0 saturated carbocycles. The molecule has 0 aromatic carbocycles. The van der Waals surface area contributed by atoms with Crippen LogP contribution in [0.1, 0.15) is 59.3 Å². The smallest absolute Gasteiger partial charge is 1.00 e. The number of rotatable bonds is 10. The van der Waals surface area contributed by atoms with Crippen LogP contribution in [0.2, 0.25) is 4.97 Å². The van der Waals surface area contributed by atoms with E-state index in [0.29, 0.717) is 20.4 Å². The van der Waals surface area contributed by atoms with Crippen LogP contribution in [0.4, 0.5) is 0 Å². The third-order valence-corrected chi connectivity index (χ3v) is 18.6. The van der Waals surface area contributed by atoms with E-state index < -0.39 is 4.95 Å². The van der Waals surface area contributed by atoms with Gasteiger partial charge in [0.25, 0.3) is 0 Å². The molecule has 0 fully saturated rings. The molecule has 0 aliphatic heterocycles. The Hall–Kier alpha value is 1.95. The van der Waals surface area contributed by atoms with Crippen LogP contribution < -0.4 is 24.0 Å². The first-order valence-electron chi connectivity index (χ1n) is 6.66. The van der Waals surface area contributed by atoms with E-state index in [0.717, 1.165) is 0 Å². The zero-order valence-corrected chi connectivity index (χ0v) is 17.0. The summed E-state index contributed by atoms with van der Waals surface area (Å²) in [4.78, 5) is 2.19. The number of halogens is 1. The van der Waals surface area contributed by atoms with Gasteiger partial charge in [-0.15, -0.1) is 0 Å². The van der Waals surface area contributed by atoms with Gasteiger partial charge < -0.3 is 24.0 Å². The van der Waals surface area contributed by atoms with Crippen molar-refractivity contribution >= 4 is 25.3 Å². The molecule has 0 atom stereocenters. The van der Waals surface area contributed by atoms with Gasteiger partial charge in [-0.3, -0.25) is 0 Å². The summed E-state index contributed by atoms with van der Waals surface area (Å²) in [5.74, 6) is 0. The number of hydrogen-bond acceptors (Lipinski definition) is 0. The molecule has 16 heavy (non-hydrogen) atoms. The van der Waals surface area contributed by atoms with Gasteiger partial charge in [-0.1, -0.05) is 0 Å². The van der Waals surface area contributed by atoms with Gasteiger partial charge in [0.2, 0.25) is 0 Å². The second kappa shape index (κ2) is 13.4. The van der Waals surface area contributed by atoms with Crippen molar-refractivity contribution in [1.82, 2.24) is 0 Å². The van der Waals surface area contributed by atoms with Crippen LogP contribution in [0, 0.1) is 0 Å². The van der Waals surface area contributed by atoms with E-state index in [9.17, 15) is 0 Å². The zero-order chi connectivity index (χ0) is 11.6. The summed E-state index contributed by atoms with van der Waals surface area (Å²) in [5.41, 5.74) is 0. The summed E-state index contributed by atoms with van der Waals surface area (Å²) in [5, 5.41) is 0. The van der Waals surface area contributed by atoms with Crippen molar-refractivity contribution in [2.75, 3.05) is 18.5 Å². The summed E-state index contributed by atoms with van der Waals surface area (Å²) in [6.07, 6.45) is 13.7. The summed E-state index contributed by atoms with van der Waals surface area (Å²) in [6, 6.07) is 0. The quantitative estimate of drug-likeness (QED) is 0.260. The molecule has 0 spiro atoms. The number of unbranched alkanes of at least 4 members (excludes halogenated alkanes) is 3. The largest absolute Gasteiger partial charge is 1.00 e. The van der Waals surface area contributed by atoms with E-state index >= 15 is 0 Å². The molecular weight excluding hydrogens is 442 g/mol. The van der Waals surface area contributed by atoms with Crippen molar-refractivity contribution in [3.63, 3.8) is 0 Å². The van der Waals surface area contributed by atoms with Crippen molar-refractivity contribution in [3.8, 4) is 0 Å². The Morgan fingerprint density at radius 2 is 1.06 bits per heavy atom. The molecule has 0 bridgehead atoms. The maximum atomic E-state index is 2.58. The van der Waals surface area contributed by atoms with Crippen molar-refractivity contribution in [1.29, 1.82) is 0 Å². The molecule has 0 heterocycles. The third kappa shape index (κ3) is 8.96. The summed E-state index contributed by atoms with van der Waals surface area (Å²) < 4.78 is 0. The normalized spacial score (nSPS) is 11.2. The monoisotopic (exact) mass is 474 g/mol. The van der Waals surface area contributed by atoms with Gasteiger partial charge in [0.15, 0.2) is 0 Å². The minimum atomic E-state index is -0.397. The minimum absolute atomic E-state index is 0. The Labute approximate surface area is 131 Å². The molecule has 100 valence electrons. The molecule has 0 radical (unpaired) electrons. The van der Waals surface area contributed by atoms with Crippen LogP contribution in [-0.2, 0) is 0 Å². The predicted molar refractivity (Wildman–Crippen MR) is 77.9 cm³/mol. The van der Waals surface area contributed by atoms with Crippen LogP contribution in [0.15, 0.2) is 0 Å². The fourth-order valence-electron chi connectivity index (χ4n) is 1.95. The molecule has 0 amide bonds. The first-order valence-corrected chi connectivity index (χ1v) is 14.4. The second-order valence-electron chi connectivity index (χ2n) is 4.47. The predicted octanol–water partition coefficient (Wildman–Crippen LogP) is 2.08. The Bertz CT molecular complexity index is 120. The van der Waals surface area contributed by atoms with Crippen LogP contribution >= 0.6 is 4.95 Å². The summed E-state index contributed by atoms with van der Waals surface area (Å²) >= 11 is 0.350. The first kappa shape index (κ1) is 20.3. The molecule has 0 aromatic rings. The Morgan fingerprint density at radius 3 is 1.25 bits per heavy atom. The van der Waals surface area contributed by atoms with E-state index in [4.69, 9.17) is 0 Å². The molecule has 0 aliphatic carbocycles. The van der Waals surface area contributed by atoms with Gasteiger partial charge in [-0.2, -0.15) is 0 Å². The maximum Gasteiger partial charge on any atom is -1.00 e. The van der Waals surface area contributed by atoms with Crippen molar-refractivity contribution in [2.24, 2.45) is 0 Å². The molecule has 0 N–H and O–H groups in total. The van der Waals surface area contributed by atoms with E-state index in [2.05, 4.69) is 25.7 Å². The molecule has 0 unspecified atom stereocenters. The minimum Gasteiger partial charge on any atom is -1.00 e. The molecule has 0 rings (SSSR count). The van der Waals surface area contributed by atoms with Crippen molar-refractivity contribution in [3.05, 3.63) is 0 Å². The zero-order valence-electron chi connectivity index (χ0n) is 11.6. The fourth-order valence-corrected chi connectivity index (χ4v) is 13.9. The van der Waals surface area contributed by atoms with Gasteiger partial charge in [0.05, 0.1) is 0 Å². The van der Waals surface area contributed by atoms with Crippen LogP contribution in [-0.4, -0.2) is 38.9 Å². The van der Waals surface area contributed by atoms with Gasteiger partial charge in [0.1, 0.15) is 0 Å². The van der Waals surface area contributed by atoms with Crippen LogP contribution in [0.5, 0.6) is 0 Å². The molecule has 0 saturated heterocycles. The first-order chi connectivity index (χ1) is 7.24. The molecule has 0 nitrogen and oxygen atoms in total. The van der Waals surface area contributed by atoms with Gasteiger partial charge in [0, 0.05) is 0 Å². The second-order valence-corrected chi connectivity index (χ2v) is 18.1. The van der Waals surface area contributed by atoms with Gasteiger partial charge >= 0.3 is 108 Å². The summed E-state index contributed by atoms with van der Waals surface area (Å²) in [7, 11) is 0. The molecule has 0 aliphatic rings.